The number of ether oxygens (including phenoxy) is 1. The number of carbonyl (C=O) groups excluding carboxylic acids is 4. The van der Waals surface area contributed by atoms with E-state index in [2.05, 4.69) is 5.43 Å². The first-order valence-corrected chi connectivity index (χ1v) is 9.86. The van der Waals surface area contributed by atoms with Gasteiger partial charge in [-0.2, -0.15) is 0 Å². The monoisotopic (exact) mass is 408 g/mol. The number of ketones is 1. The Bertz CT molecular complexity index is 957. The first-order valence-electron chi connectivity index (χ1n) is 9.86. The summed E-state index contributed by atoms with van der Waals surface area (Å²) in [7, 11) is 0. The quantitative estimate of drug-likeness (QED) is 0.562. The van der Waals surface area contributed by atoms with Crippen LogP contribution in [0.1, 0.15) is 46.0 Å². The first kappa shape index (κ1) is 21.2. The standard InChI is InChI=1S/C23H24N2O5/c1-3-19(21(27)16-9-5-4-6-10-16)30-23(29)18-13-20(26)25(14-18)24-22(28)17-11-7-8-15(2)12-17/h4-12,18-19H,3,13-14H2,1-2H3,(H,24,28). The Labute approximate surface area is 175 Å². The number of carbonyl (C=O) groups is 4. The van der Waals surface area contributed by atoms with Crippen LogP contribution < -0.4 is 5.43 Å². The minimum atomic E-state index is -0.911. The van der Waals surface area contributed by atoms with Crippen molar-refractivity contribution < 1.29 is 23.9 Å². The predicted octanol–water partition coefficient (Wildman–Crippen LogP) is 2.69. The third kappa shape index (κ3) is 4.92. The molecular weight excluding hydrogens is 384 g/mol. The second-order valence-electron chi connectivity index (χ2n) is 7.28. The van der Waals surface area contributed by atoms with Gasteiger partial charge in [-0.1, -0.05) is 55.0 Å². The molecule has 7 heteroatoms. The Balaban J connectivity index is 1.60. The molecule has 0 aliphatic carbocycles. The van der Waals surface area contributed by atoms with Gasteiger partial charge in [0.05, 0.1) is 12.5 Å². The van der Waals surface area contributed by atoms with E-state index in [1.807, 2.05) is 13.0 Å². The van der Waals surface area contributed by atoms with Gasteiger partial charge in [0, 0.05) is 17.5 Å². The van der Waals surface area contributed by atoms with Crippen LogP contribution in [-0.4, -0.2) is 41.2 Å². The number of hydrogen-bond acceptors (Lipinski definition) is 5. The lowest BCUT2D eigenvalue weighted by Crippen LogP contribution is -2.43. The van der Waals surface area contributed by atoms with E-state index >= 15 is 0 Å². The number of Topliss-reactive ketones (excluding diaryl/α,β-unsaturated/α-hetero) is 1. The van der Waals surface area contributed by atoms with Gasteiger partial charge in [0.2, 0.25) is 11.7 Å². The molecule has 156 valence electrons. The van der Waals surface area contributed by atoms with Gasteiger partial charge >= 0.3 is 5.97 Å². The summed E-state index contributed by atoms with van der Waals surface area (Å²) in [6, 6.07) is 15.6. The van der Waals surface area contributed by atoms with Crippen LogP contribution in [0.25, 0.3) is 0 Å². The van der Waals surface area contributed by atoms with Gasteiger partial charge in [0.25, 0.3) is 5.91 Å². The summed E-state index contributed by atoms with van der Waals surface area (Å²) in [5.74, 6) is -2.44. The molecule has 1 saturated heterocycles. The normalized spacial score (nSPS) is 16.8. The fraction of sp³-hybridized carbons (Fsp3) is 0.304. The molecule has 1 aliphatic rings. The molecule has 30 heavy (non-hydrogen) atoms. The third-order valence-electron chi connectivity index (χ3n) is 4.96. The lowest BCUT2D eigenvalue weighted by Gasteiger charge is -2.19. The first-order chi connectivity index (χ1) is 14.4. The van der Waals surface area contributed by atoms with Crippen molar-refractivity contribution in [2.24, 2.45) is 5.92 Å². The Morgan fingerprint density at radius 1 is 1.10 bits per heavy atom. The Morgan fingerprint density at radius 3 is 2.47 bits per heavy atom. The zero-order valence-corrected chi connectivity index (χ0v) is 17.0. The number of esters is 1. The average molecular weight is 408 g/mol. The summed E-state index contributed by atoms with van der Waals surface area (Å²) in [5, 5.41) is 1.14. The van der Waals surface area contributed by atoms with E-state index in [-0.39, 0.29) is 24.7 Å². The summed E-state index contributed by atoms with van der Waals surface area (Å²) in [6.45, 7) is 3.63. The fourth-order valence-electron chi connectivity index (χ4n) is 3.29. The lowest BCUT2D eigenvalue weighted by molar-refractivity contribution is -0.151. The Kier molecular flexibility index (Phi) is 6.61. The van der Waals surface area contributed by atoms with Crippen LogP contribution in [0, 0.1) is 12.8 Å². The van der Waals surface area contributed by atoms with Crippen molar-refractivity contribution in [1.29, 1.82) is 0 Å². The van der Waals surface area contributed by atoms with Gasteiger partial charge in [-0.3, -0.25) is 29.6 Å². The number of nitrogens with one attached hydrogen (secondary N) is 1. The highest BCUT2D eigenvalue weighted by Gasteiger charge is 2.38. The average Bonchev–Trinajstić information content (AvgIpc) is 3.12. The zero-order chi connectivity index (χ0) is 21.7. The molecule has 2 atom stereocenters. The SMILES string of the molecule is CCC(OC(=O)C1CC(=O)N(NC(=O)c2cccc(C)c2)C1)C(=O)c1ccccc1. The van der Waals surface area contributed by atoms with Crippen molar-refractivity contribution >= 4 is 23.6 Å². The number of rotatable bonds is 7. The maximum Gasteiger partial charge on any atom is 0.312 e. The molecule has 0 aromatic heterocycles. The van der Waals surface area contributed by atoms with E-state index in [9.17, 15) is 19.2 Å². The summed E-state index contributed by atoms with van der Waals surface area (Å²) in [5.41, 5.74) is 4.35. The molecule has 0 bridgehead atoms. The highest BCUT2D eigenvalue weighted by Crippen LogP contribution is 2.20. The van der Waals surface area contributed by atoms with Crippen LogP contribution in [0.2, 0.25) is 0 Å². The molecule has 0 saturated carbocycles. The van der Waals surface area contributed by atoms with Crippen molar-refractivity contribution in [3.05, 3.63) is 71.3 Å². The van der Waals surface area contributed by atoms with E-state index in [0.29, 0.717) is 17.5 Å². The molecule has 3 rings (SSSR count). The summed E-state index contributed by atoms with van der Waals surface area (Å²) >= 11 is 0. The summed E-state index contributed by atoms with van der Waals surface area (Å²) in [4.78, 5) is 49.8. The molecule has 1 N–H and O–H groups in total. The Hall–Kier alpha value is -3.48. The Morgan fingerprint density at radius 2 is 1.80 bits per heavy atom. The fourth-order valence-corrected chi connectivity index (χ4v) is 3.29. The van der Waals surface area contributed by atoms with Crippen molar-refractivity contribution in [2.45, 2.75) is 32.8 Å². The van der Waals surface area contributed by atoms with Gasteiger partial charge in [-0.15, -0.1) is 0 Å². The van der Waals surface area contributed by atoms with E-state index in [1.54, 1.807) is 55.5 Å². The molecule has 1 heterocycles. The maximum absolute atomic E-state index is 12.6. The number of aryl methyl sites for hydroxylation is 1. The number of amides is 2. The molecule has 0 radical (unpaired) electrons. The highest BCUT2D eigenvalue weighted by molar-refractivity contribution is 6.01. The number of nitrogens with zero attached hydrogens (tertiary/aromatic N) is 1. The molecule has 2 aromatic carbocycles. The van der Waals surface area contributed by atoms with Gasteiger partial charge in [0.15, 0.2) is 6.10 Å². The van der Waals surface area contributed by atoms with Gasteiger partial charge < -0.3 is 4.74 Å². The van der Waals surface area contributed by atoms with Crippen molar-refractivity contribution in [3.63, 3.8) is 0 Å². The van der Waals surface area contributed by atoms with E-state index in [1.165, 1.54) is 0 Å². The lowest BCUT2D eigenvalue weighted by atomic mass is 10.0. The molecular formula is C23H24N2O5. The van der Waals surface area contributed by atoms with Crippen LogP contribution in [-0.2, 0) is 14.3 Å². The van der Waals surface area contributed by atoms with Crippen molar-refractivity contribution in [1.82, 2.24) is 10.4 Å². The second-order valence-corrected chi connectivity index (χ2v) is 7.28. The van der Waals surface area contributed by atoms with Crippen molar-refractivity contribution in [3.8, 4) is 0 Å². The number of hydrogen-bond donors (Lipinski definition) is 1. The van der Waals surface area contributed by atoms with Crippen LogP contribution >= 0.6 is 0 Å². The minimum absolute atomic E-state index is 0.00514. The van der Waals surface area contributed by atoms with Gasteiger partial charge in [-0.05, 0) is 25.5 Å². The molecule has 2 amide bonds. The highest BCUT2D eigenvalue weighted by atomic mass is 16.5. The maximum atomic E-state index is 12.6. The molecule has 1 aliphatic heterocycles. The summed E-state index contributed by atoms with van der Waals surface area (Å²) in [6.07, 6.45) is -0.664. The van der Waals surface area contributed by atoms with Gasteiger partial charge in [-0.25, -0.2) is 0 Å². The van der Waals surface area contributed by atoms with Gasteiger partial charge in [0.1, 0.15) is 0 Å². The molecule has 7 nitrogen and oxygen atoms in total. The van der Waals surface area contributed by atoms with Crippen molar-refractivity contribution in [2.75, 3.05) is 6.54 Å². The van der Waals surface area contributed by atoms with Crippen LogP contribution in [0.5, 0.6) is 0 Å². The zero-order valence-electron chi connectivity index (χ0n) is 17.0. The molecule has 2 aromatic rings. The van der Waals surface area contributed by atoms with Crippen LogP contribution in [0.3, 0.4) is 0 Å². The number of benzene rings is 2. The second kappa shape index (κ2) is 9.35. The topological polar surface area (TPSA) is 92.8 Å². The minimum Gasteiger partial charge on any atom is -0.454 e. The van der Waals surface area contributed by atoms with Crippen LogP contribution in [0.15, 0.2) is 54.6 Å². The van der Waals surface area contributed by atoms with Crippen LogP contribution in [0.4, 0.5) is 0 Å². The largest absolute Gasteiger partial charge is 0.454 e. The molecule has 0 spiro atoms. The molecule has 2 unspecified atom stereocenters. The summed E-state index contributed by atoms with van der Waals surface area (Å²) < 4.78 is 5.42. The number of hydrazine groups is 1. The smallest absolute Gasteiger partial charge is 0.312 e. The van der Waals surface area contributed by atoms with E-state index in [0.717, 1.165) is 10.6 Å². The third-order valence-corrected chi connectivity index (χ3v) is 4.96. The van der Waals surface area contributed by atoms with E-state index < -0.39 is 23.9 Å². The predicted molar refractivity (Wildman–Crippen MR) is 109 cm³/mol. The molecule has 1 fully saturated rings. The van der Waals surface area contributed by atoms with E-state index in [4.69, 9.17) is 4.74 Å².